The number of nitrogens with one attached hydrogen (secondary N) is 1. The quantitative estimate of drug-likeness (QED) is 0.740. The van der Waals surface area contributed by atoms with Gasteiger partial charge in [0.15, 0.2) is 0 Å². The molecule has 0 spiro atoms. The second-order valence-electron chi connectivity index (χ2n) is 7.66. The summed E-state index contributed by atoms with van der Waals surface area (Å²) in [5, 5.41) is 3.83. The molecule has 1 N–H and O–H groups in total. The highest BCUT2D eigenvalue weighted by Crippen LogP contribution is 2.36. The molecule has 1 fully saturated rings. The lowest BCUT2D eigenvalue weighted by Crippen LogP contribution is -2.42. The van der Waals surface area contributed by atoms with Gasteiger partial charge in [-0.2, -0.15) is 11.8 Å². The molecule has 0 bridgehead atoms. The molecule has 0 radical (unpaired) electrons. The Hall–Kier alpha value is 0.310. The van der Waals surface area contributed by atoms with E-state index in [4.69, 9.17) is 0 Å². The van der Waals surface area contributed by atoms with Gasteiger partial charge in [0.25, 0.3) is 0 Å². The van der Waals surface area contributed by atoms with Crippen molar-refractivity contribution in [2.75, 3.05) is 12.3 Å². The summed E-state index contributed by atoms with van der Waals surface area (Å²) >= 11 is 2.13. The van der Waals surface area contributed by atoms with Crippen molar-refractivity contribution in [2.45, 2.75) is 78.0 Å². The Kier molecular flexibility index (Phi) is 7.24. The first-order valence-corrected chi connectivity index (χ1v) is 9.17. The minimum Gasteiger partial charge on any atom is -0.313 e. The van der Waals surface area contributed by atoms with Crippen LogP contribution in [0.5, 0.6) is 0 Å². The van der Waals surface area contributed by atoms with Gasteiger partial charge in [-0.05, 0) is 50.0 Å². The molecule has 114 valence electrons. The van der Waals surface area contributed by atoms with E-state index in [1.54, 1.807) is 0 Å². The Morgan fingerprint density at radius 2 is 1.68 bits per heavy atom. The lowest BCUT2D eigenvalue weighted by atomic mass is 9.74. The molecule has 3 unspecified atom stereocenters. The third kappa shape index (κ3) is 7.04. The van der Waals surface area contributed by atoms with Crippen LogP contribution in [0.2, 0.25) is 0 Å². The van der Waals surface area contributed by atoms with Gasteiger partial charge in [-0.25, -0.2) is 0 Å². The van der Waals surface area contributed by atoms with Gasteiger partial charge >= 0.3 is 0 Å². The molecule has 3 atom stereocenters. The predicted molar refractivity (Wildman–Crippen MR) is 90.0 cm³/mol. The van der Waals surface area contributed by atoms with E-state index in [0.29, 0.717) is 4.75 Å². The van der Waals surface area contributed by atoms with Crippen LogP contribution < -0.4 is 5.32 Å². The van der Waals surface area contributed by atoms with Crippen molar-refractivity contribution in [1.82, 2.24) is 5.32 Å². The summed E-state index contributed by atoms with van der Waals surface area (Å²) in [6, 6.07) is 0.717. The molecule has 1 aliphatic rings. The van der Waals surface area contributed by atoms with Crippen LogP contribution in [0.3, 0.4) is 0 Å². The van der Waals surface area contributed by atoms with Crippen LogP contribution in [0.1, 0.15) is 67.2 Å². The van der Waals surface area contributed by atoms with Gasteiger partial charge in [-0.3, -0.25) is 0 Å². The van der Waals surface area contributed by atoms with Crippen molar-refractivity contribution in [1.29, 1.82) is 0 Å². The first-order valence-electron chi connectivity index (χ1n) is 8.19. The zero-order chi connectivity index (χ0) is 14.5. The molecular formula is C17H35NS. The van der Waals surface area contributed by atoms with E-state index in [1.165, 1.54) is 38.0 Å². The van der Waals surface area contributed by atoms with E-state index in [-0.39, 0.29) is 0 Å². The number of thioether (sulfide) groups is 1. The summed E-state index contributed by atoms with van der Waals surface area (Å²) in [6.07, 6.45) is 5.53. The van der Waals surface area contributed by atoms with E-state index in [1.807, 2.05) is 0 Å². The minimum absolute atomic E-state index is 0.387. The molecule has 0 amide bonds. The normalized spacial score (nSPS) is 30.3. The van der Waals surface area contributed by atoms with Crippen LogP contribution in [0.25, 0.3) is 0 Å². The fourth-order valence-corrected chi connectivity index (χ4v) is 4.44. The molecule has 1 nitrogen and oxygen atoms in total. The SMILES string of the molecule is CCCNC(CSC(C)(C)C)C1CC(C)CC(C)C1. The van der Waals surface area contributed by atoms with E-state index < -0.39 is 0 Å². The number of hydrogen-bond acceptors (Lipinski definition) is 2. The zero-order valence-corrected chi connectivity index (χ0v) is 14.8. The van der Waals surface area contributed by atoms with Crippen LogP contribution in [0, 0.1) is 17.8 Å². The van der Waals surface area contributed by atoms with E-state index in [0.717, 1.165) is 23.8 Å². The van der Waals surface area contributed by atoms with Crippen molar-refractivity contribution in [2.24, 2.45) is 17.8 Å². The molecule has 1 saturated carbocycles. The average Bonchev–Trinajstić information content (AvgIpc) is 2.26. The van der Waals surface area contributed by atoms with Crippen molar-refractivity contribution >= 4 is 11.8 Å². The summed E-state index contributed by atoms with van der Waals surface area (Å²) < 4.78 is 0.387. The summed E-state index contributed by atoms with van der Waals surface area (Å²) in [5.41, 5.74) is 0. The number of hydrogen-bond donors (Lipinski definition) is 1. The van der Waals surface area contributed by atoms with Crippen LogP contribution >= 0.6 is 11.8 Å². The summed E-state index contributed by atoms with van der Waals surface area (Å²) in [4.78, 5) is 0. The lowest BCUT2D eigenvalue weighted by molar-refractivity contribution is 0.184. The molecule has 0 heterocycles. The Morgan fingerprint density at radius 3 is 2.16 bits per heavy atom. The van der Waals surface area contributed by atoms with Crippen molar-refractivity contribution in [3.8, 4) is 0 Å². The van der Waals surface area contributed by atoms with Gasteiger partial charge in [-0.15, -0.1) is 0 Å². The van der Waals surface area contributed by atoms with Crippen LogP contribution in [0.15, 0.2) is 0 Å². The maximum Gasteiger partial charge on any atom is 0.0186 e. The number of rotatable bonds is 6. The summed E-state index contributed by atoms with van der Waals surface area (Å²) in [6.45, 7) is 15.3. The molecule has 0 aromatic heterocycles. The van der Waals surface area contributed by atoms with E-state index in [9.17, 15) is 0 Å². The van der Waals surface area contributed by atoms with E-state index >= 15 is 0 Å². The zero-order valence-electron chi connectivity index (χ0n) is 14.0. The van der Waals surface area contributed by atoms with Crippen molar-refractivity contribution in [3.63, 3.8) is 0 Å². The summed E-state index contributed by atoms with van der Waals surface area (Å²) in [7, 11) is 0. The molecule has 2 heteroatoms. The second-order valence-corrected chi connectivity index (χ2v) is 9.51. The van der Waals surface area contributed by atoms with Gasteiger partial charge in [0.1, 0.15) is 0 Å². The largest absolute Gasteiger partial charge is 0.313 e. The molecule has 0 aliphatic heterocycles. The molecule has 0 saturated heterocycles. The first-order chi connectivity index (χ1) is 8.81. The molecule has 1 rings (SSSR count). The minimum atomic E-state index is 0.387. The topological polar surface area (TPSA) is 12.0 Å². The molecule has 0 aromatic rings. The third-order valence-corrected chi connectivity index (χ3v) is 5.53. The molecule has 1 aliphatic carbocycles. The Labute approximate surface area is 125 Å². The van der Waals surface area contributed by atoms with Crippen LogP contribution in [-0.2, 0) is 0 Å². The highest BCUT2D eigenvalue weighted by Gasteiger charge is 2.30. The third-order valence-electron chi connectivity index (χ3n) is 4.14. The first kappa shape index (κ1) is 17.4. The Balaban J connectivity index is 2.56. The fraction of sp³-hybridized carbons (Fsp3) is 1.00. The Morgan fingerprint density at radius 1 is 1.11 bits per heavy atom. The fourth-order valence-electron chi connectivity index (χ4n) is 3.37. The molecule has 0 aromatic carbocycles. The maximum atomic E-state index is 3.83. The standard InChI is InChI=1S/C17H35NS/c1-7-8-18-16(12-19-17(4,5)6)15-10-13(2)9-14(3)11-15/h13-16,18H,7-12H2,1-6H3. The summed E-state index contributed by atoms with van der Waals surface area (Å²) in [5.74, 6) is 3.99. The maximum absolute atomic E-state index is 3.83. The van der Waals surface area contributed by atoms with Crippen molar-refractivity contribution < 1.29 is 0 Å². The highest BCUT2D eigenvalue weighted by atomic mass is 32.2. The monoisotopic (exact) mass is 285 g/mol. The molecule has 19 heavy (non-hydrogen) atoms. The molecular weight excluding hydrogens is 250 g/mol. The lowest BCUT2D eigenvalue weighted by Gasteiger charge is -2.37. The highest BCUT2D eigenvalue weighted by molar-refractivity contribution is 8.00. The van der Waals surface area contributed by atoms with Crippen LogP contribution in [-0.4, -0.2) is 23.1 Å². The van der Waals surface area contributed by atoms with Crippen LogP contribution in [0.4, 0.5) is 0 Å². The smallest absolute Gasteiger partial charge is 0.0186 e. The van der Waals surface area contributed by atoms with E-state index in [2.05, 4.69) is 58.6 Å². The van der Waals surface area contributed by atoms with Gasteiger partial charge < -0.3 is 5.32 Å². The van der Waals surface area contributed by atoms with Gasteiger partial charge in [0.05, 0.1) is 0 Å². The average molecular weight is 286 g/mol. The van der Waals surface area contributed by atoms with Crippen molar-refractivity contribution in [3.05, 3.63) is 0 Å². The Bertz CT molecular complexity index is 236. The van der Waals surface area contributed by atoms with Gasteiger partial charge in [0.2, 0.25) is 0 Å². The predicted octanol–water partition coefficient (Wildman–Crippen LogP) is 4.96. The van der Waals surface area contributed by atoms with Gasteiger partial charge in [-0.1, -0.05) is 41.5 Å². The van der Waals surface area contributed by atoms with Gasteiger partial charge in [0, 0.05) is 16.5 Å². The second kappa shape index (κ2) is 7.93.